The van der Waals surface area contributed by atoms with Crippen molar-refractivity contribution in [3.05, 3.63) is 57.7 Å². The standard InChI is InChI=1S/C16H21NO5/c1-2-3-4-5-6-11-16(18)21-12-14-9-7-8-10-15(14)13-22-17(19)20/h3-4,7-10H,2,5-6,11-13H2,1H3/b4-3-. The minimum absolute atomic E-state index is 0.0981. The van der Waals surface area contributed by atoms with Crippen LogP contribution in [0.4, 0.5) is 0 Å². The van der Waals surface area contributed by atoms with E-state index in [9.17, 15) is 14.9 Å². The number of hydrogen-bond acceptors (Lipinski definition) is 5. The van der Waals surface area contributed by atoms with E-state index in [2.05, 4.69) is 23.9 Å². The molecule has 0 unspecified atom stereocenters. The van der Waals surface area contributed by atoms with Gasteiger partial charge in [-0.05, 0) is 30.4 Å². The Morgan fingerprint density at radius 1 is 1.23 bits per heavy atom. The van der Waals surface area contributed by atoms with E-state index in [1.807, 2.05) is 0 Å². The number of allylic oxidation sites excluding steroid dienone is 2. The third-order valence-electron chi connectivity index (χ3n) is 2.99. The molecule has 0 fully saturated rings. The predicted octanol–water partition coefficient (Wildman–Crippen LogP) is 3.57. The summed E-state index contributed by atoms with van der Waals surface area (Å²) in [4.78, 5) is 26.2. The molecular weight excluding hydrogens is 286 g/mol. The van der Waals surface area contributed by atoms with E-state index >= 15 is 0 Å². The molecule has 0 heterocycles. The SMILES string of the molecule is CC/C=C\CCCC(=O)OCc1ccccc1CO[N+](=O)[O-]. The van der Waals surface area contributed by atoms with Crippen LogP contribution in [0.3, 0.4) is 0 Å². The second-order valence-corrected chi connectivity index (χ2v) is 4.70. The normalized spacial score (nSPS) is 10.6. The maximum atomic E-state index is 11.6. The quantitative estimate of drug-likeness (QED) is 0.217. The molecule has 0 bridgehead atoms. The summed E-state index contributed by atoms with van der Waals surface area (Å²) in [6, 6.07) is 7.01. The first-order valence-electron chi connectivity index (χ1n) is 7.28. The second kappa shape index (κ2) is 10.4. The van der Waals surface area contributed by atoms with E-state index in [0.29, 0.717) is 17.5 Å². The molecule has 22 heavy (non-hydrogen) atoms. The molecule has 6 heteroatoms. The molecule has 1 aromatic rings. The Labute approximate surface area is 129 Å². The van der Waals surface area contributed by atoms with Gasteiger partial charge in [-0.25, -0.2) is 0 Å². The highest BCUT2D eigenvalue weighted by Gasteiger charge is 2.07. The van der Waals surface area contributed by atoms with Crippen molar-refractivity contribution < 1.29 is 19.5 Å². The van der Waals surface area contributed by atoms with E-state index in [1.54, 1.807) is 24.3 Å². The molecule has 120 valence electrons. The van der Waals surface area contributed by atoms with Crippen LogP contribution in [0, 0.1) is 10.1 Å². The molecule has 0 atom stereocenters. The van der Waals surface area contributed by atoms with Crippen LogP contribution >= 0.6 is 0 Å². The van der Waals surface area contributed by atoms with Crippen molar-refractivity contribution in [3.63, 3.8) is 0 Å². The molecule has 0 aliphatic carbocycles. The van der Waals surface area contributed by atoms with Gasteiger partial charge in [0.25, 0.3) is 5.09 Å². The molecule has 1 rings (SSSR count). The summed E-state index contributed by atoms with van der Waals surface area (Å²) in [5.74, 6) is -0.269. The van der Waals surface area contributed by atoms with Crippen LogP contribution in [0.5, 0.6) is 0 Å². The highest BCUT2D eigenvalue weighted by atomic mass is 16.9. The van der Waals surface area contributed by atoms with E-state index in [-0.39, 0.29) is 19.2 Å². The molecular formula is C16H21NO5. The molecule has 0 aromatic heterocycles. The smallest absolute Gasteiger partial charge is 0.306 e. The fourth-order valence-electron chi connectivity index (χ4n) is 1.84. The Bertz CT molecular complexity index is 513. The minimum Gasteiger partial charge on any atom is -0.461 e. The number of ether oxygens (including phenoxy) is 1. The maximum Gasteiger partial charge on any atom is 0.306 e. The highest BCUT2D eigenvalue weighted by molar-refractivity contribution is 5.69. The minimum atomic E-state index is -0.841. The summed E-state index contributed by atoms with van der Waals surface area (Å²) in [7, 11) is 0. The lowest BCUT2D eigenvalue weighted by Crippen LogP contribution is -2.07. The molecule has 6 nitrogen and oxygen atoms in total. The molecule has 0 amide bonds. The number of carbonyl (C=O) groups is 1. The van der Waals surface area contributed by atoms with Crippen molar-refractivity contribution in [2.45, 2.75) is 45.8 Å². The van der Waals surface area contributed by atoms with Crippen LogP contribution in [-0.4, -0.2) is 11.1 Å². The lowest BCUT2D eigenvalue weighted by Gasteiger charge is -2.09. The van der Waals surface area contributed by atoms with Crippen molar-refractivity contribution in [2.24, 2.45) is 0 Å². The Hall–Kier alpha value is -2.37. The zero-order valence-electron chi connectivity index (χ0n) is 12.7. The van der Waals surface area contributed by atoms with E-state index in [0.717, 1.165) is 19.3 Å². The summed E-state index contributed by atoms with van der Waals surface area (Å²) in [6.07, 6.45) is 7.08. The van der Waals surface area contributed by atoms with Crippen molar-refractivity contribution in [1.82, 2.24) is 0 Å². The Morgan fingerprint density at radius 2 is 1.91 bits per heavy atom. The molecule has 1 aromatic carbocycles. The average Bonchev–Trinajstić information content (AvgIpc) is 2.51. The maximum absolute atomic E-state index is 11.6. The number of nitrogens with zero attached hydrogens (tertiary/aromatic N) is 1. The monoisotopic (exact) mass is 307 g/mol. The van der Waals surface area contributed by atoms with E-state index in [1.165, 1.54) is 0 Å². The van der Waals surface area contributed by atoms with Gasteiger partial charge in [0.15, 0.2) is 0 Å². The fourth-order valence-corrected chi connectivity index (χ4v) is 1.84. The summed E-state index contributed by atoms with van der Waals surface area (Å²) >= 11 is 0. The molecule has 0 aliphatic rings. The Morgan fingerprint density at radius 3 is 2.55 bits per heavy atom. The van der Waals surface area contributed by atoms with E-state index < -0.39 is 5.09 Å². The first-order valence-corrected chi connectivity index (χ1v) is 7.28. The number of rotatable bonds is 10. The molecule has 0 N–H and O–H groups in total. The van der Waals surface area contributed by atoms with Crippen molar-refractivity contribution >= 4 is 5.97 Å². The van der Waals surface area contributed by atoms with Gasteiger partial charge >= 0.3 is 5.97 Å². The average molecular weight is 307 g/mol. The van der Waals surface area contributed by atoms with Crippen molar-refractivity contribution in [3.8, 4) is 0 Å². The van der Waals surface area contributed by atoms with Crippen LogP contribution in [0.1, 0.15) is 43.7 Å². The number of benzene rings is 1. The van der Waals surface area contributed by atoms with Crippen LogP contribution < -0.4 is 0 Å². The van der Waals surface area contributed by atoms with Gasteiger partial charge in [-0.15, -0.1) is 10.1 Å². The zero-order valence-corrected chi connectivity index (χ0v) is 12.7. The van der Waals surface area contributed by atoms with Crippen molar-refractivity contribution in [2.75, 3.05) is 0 Å². The topological polar surface area (TPSA) is 78.7 Å². The summed E-state index contributed by atoms with van der Waals surface area (Å²) < 4.78 is 5.19. The van der Waals surface area contributed by atoms with Gasteiger partial charge in [-0.2, -0.15) is 0 Å². The predicted molar refractivity (Wildman–Crippen MR) is 81.3 cm³/mol. The van der Waals surface area contributed by atoms with Crippen LogP contribution in [0.25, 0.3) is 0 Å². The Kier molecular flexibility index (Phi) is 8.33. The van der Waals surface area contributed by atoms with Crippen molar-refractivity contribution in [1.29, 1.82) is 0 Å². The van der Waals surface area contributed by atoms with Gasteiger partial charge in [-0.3, -0.25) is 4.79 Å². The largest absolute Gasteiger partial charge is 0.461 e. The van der Waals surface area contributed by atoms with Crippen LogP contribution in [-0.2, 0) is 27.6 Å². The first-order chi connectivity index (χ1) is 10.6. The zero-order chi connectivity index (χ0) is 16.2. The van der Waals surface area contributed by atoms with Gasteiger partial charge in [-0.1, -0.05) is 43.3 Å². The molecule has 0 aliphatic heterocycles. The van der Waals surface area contributed by atoms with Crippen LogP contribution in [0.15, 0.2) is 36.4 Å². The highest BCUT2D eigenvalue weighted by Crippen LogP contribution is 2.12. The van der Waals surface area contributed by atoms with Gasteiger partial charge in [0.05, 0.1) is 0 Å². The lowest BCUT2D eigenvalue weighted by atomic mass is 10.1. The number of esters is 1. The number of carbonyl (C=O) groups excluding carboxylic acids is 1. The van der Waals surface area contributed by atoms with Gasteiger partial charge in [0.1, 0.15) is 13.2 Å². The van der Waals surface area contributed by atoms with E-state index in [4.69, 9.17) is 4.74 Å². The van der Waals surface area contributed by atoms with Crippen LogP contribution in [0.2, 0.25) is 0 Å². The summed E-state index contributed by atoms with van der Waals surface area (Å²) in [5, 5.41) is 9.40. The van der Waals surface area contributed by atoms with Gasteiger partial charge in [0, 0.05) is 6.42 Å². The van der Waals surface area contributed by atoms with Gasteiger partial charge < -0.3 is 9.57 Å². The summed E-state index contributed by atoms with van der Waals surface area (Å²) in [5.41, 5.74) is 1.35. The molecule has 0 spiro atoms. The fraction of sp³-hybridized carbons (Fsp3) is 0.438. The molecule has 0 saturated carbocycles. The summed E-state index contributed by atoms with van der Waals surface area (Å²) in [6.45, 7) is 2.01. The third-order valence-corrected chi connectivity index (χ3v) is 2.99. The second-order valence-electron chi connectivity index (χ2n) is 4.70. The third kappa shape index (κ3) is 7.42. The molecule has 0 saturated heterocycles. The molecule has 0 radical (unpaired) electrons. The van der Waals surface area contributed by atoms with Gasteiger partial charge in [0.2, 0.25) is 0 Å². The number of unbranched alkanes of at least 4 members (excludes halogenated alkanes) is 1. The lowest BCUT2D eigenvalue weighted by molar-refractivity contribution is -0.763. The Balaban J connectivity index is 2.38. The first kappa shape index (κ1) is 17.7. The number of hydrogen-bond donors (Lipinski definition) is 0.